The molecule has 11 rings (SSSR count). The zero-order valence-corrected chi connectivity index (χ0v) is 30.7. The van der Waals surface area contributed by atoms with Gasteiger partial charge in [0.2, 0.25) is 0 Å². The first-order valence-electron chi connectivity index (χ1n) is 17.7. The molecule has 2 heterocycles. The van der Waals surface area contributed by atoms with Gasteiger partial charge in [-0.3, -0.25) is 0 Å². The average Bonchev–Trinajstić information content (AvgIpc) is 3.88. The van der Waals surface area contributed by atoms with Crippen LogP contribution in [0.1, 0.15) is 0 Å². The van der Waals surface area contributed by atoms with Crippen molar-refractivity contribution in [3.8, 4) is 44.5 Å². The van der Waals surface area contributed by atoms with E-state index in [2.05, 4.69) is 181 Å². The molecule has 2 heteroatoms. The van der Waals surface area contributed by atoms with Crippen LogP contribution in [0.4, 0.5) is 0 Å². The van der Waals surface area contributed by atoms with Crippen molar-refractivity contribution in [1.82, 2.24) is 0 Å². The number of benzene rings is 9. The molecule has 0 aliphatic carbocycles. The summed E-state index contributed by atoms with van der Waals surface area (Å²) in [6.07, 6.45) is 0. The molecule has 0 aliphatic heterocycles. The molecule has 0 fully saturated rings. The van der Waals surface area contributed by atoms with Crippen molar-refractivity contribution in [2.75, 3.05) is 0 Å². The van der Waals surface area contributed by atoms with Crippen LogP contribution in [0.3, 0.4) is 0 Å². The van der Waals surface area contributed by atoms with E-state index in [-0.39, 0.29) is 14.5 Å². The maximum atomic E-state index is 2.51. The first-order chi connectivity index (χ1) is 25.8. The van der Waals surface area contributed by atoms with Gasteiger partial charge >= 0.3 is 313 Å². The van der Waals surface area contributed by atoms with Gasteiger partial charge in [0.15, 0.2) is 0 Å². The Balaban J connectivity index is 1.18. The third-order valence-corrected chi connectivity index (χ3v) is 14.0. The van der Waals surface area contributed by atoms with Crippen LogP contribution in [0, 0.1) is 0 Å². The van der Waals surface area contributed by atoms with Crippen molar-refractivity contribution in [3.63, 3.8) is 0 Å². The molecule has 0 N–H and O–H groups in total. The fraction of sp³-hybridized carbons (Fsp3) is 0. The van der Waals surface area contributed by atoms with Crippen LogP contribution in [-0.4, -0.2) is 14.5 Å². The molecule has 2 aromatic heterocycles. The Morgan fingerprint density at radius 2 is 0.808 bits per heavy atom. The van der Waals surface area contributed by atoms with Gasteiger partial charge in [-0.05, 0) is 0 Å². The van der Waals surface area contributed by atoms with Crippen LogP contribution in [0.15, 0.2) is 181 Å². The van der Waals surface area contributed by atoms with E-state index >= 15 is 0 Å². The normalized spacial score (nSPS) is 11.8. The van der Waals surface area contributed by atoms with E-state index in [0.717, 1.165) is 0 Å². The Bertz CT molecular complexity index is 3050. The third kappa shape index (κ3) is 4.46. The summed E-state index contributed by atoms with van der Waals surface area (Å²) in [7, 11) is 0. The predicted octanol–water partition coefficient (Wildman–Crippen LogP) is 14.4. The molecule has 0 unspecified atom stereocenters. The Kier molecular flexibility index (Phi) is 6.85. The van der Waals surface area contributed by atoms with Crippen molar-refractivity contribution in [3.05, 3.63) is 181 Å². The van der Waals surface area contributed by atoms with Crippen molar-refractivity contribution < 1.29 is 0 Å². The second kappa shape index (κ2) is 11.9. The second-order valence-electron chi connectivity index (χ2n) is 13.6. The molecule has 0 bridgehead atoms. The molecule has 0 atom stereocenters. The van der Waals surface area contributed by atoms with Gasteiger partial charge in [-0.2, -0.15) is 0 Å². The van der Waals surface area contributed by atoms with Crippen LogP contribution in [-0.2, 0) is 0 Å². The van der Waals surface area contributed by atoms with Crippen molar-refractivity contribution in [1.29, 1.82) is 0 Å². The van der Waals surface area contributed by atoms with Crippen molar-refractivity contribution >= 4 is 88.2 Å². The molecule has 0 spiro atoms. The van der Waals surface area contributed by atoms with Gasteiger partial charge in [0, 0.05) is 0 Å². The molecule has 0 saturated carbocycles. The molecular weight excluding hydrogens is 712 g/mol. The Morgan fingerprint density at radius 1 is 0.327 bits per heavy atom. The summed E-state index contributed by atoms with van der Waals surface area (Å²) >= 11 is 1.90. The predicted molar refractivity (Wildman–Crippen MR) is 228 cm³/mol. The van der Waals surface area contributed by atoms with Crippen molar-refractivity contribution in [2.45, 2.75) is 0 Å². The topological polar surface area (TPSA) is 0 Å². The van der Waals surface area contributed by atoms with Gasteiger partial charge < -0.3 is 0 Å². The molecule has 242 valence electrons. The molecule has 0 nitrogen and oxygen atoms in total. The zero-order valence-electron chi connectivity index (χ0n) is 28.1. The van der Waals surface area contributed by atoms with E-state index in [0.29, 0.717) is 0 Å². The van der Waals surface area contributed by atoms with Gasteiger partial charge in [0.05, 0.1) is 0 Å². The Hall–Kier alpha value is -5.76. The zero-order chi connectivity index (χ0) is 34.2. The summed E-state index contributed by atoms with van der Waals surface area (Å²) in [4.78, 5) is 0. The van der Waals surface area contributed by atoms with Gasteiger partial charge in [-0.15, -0.1) is 0 Å². The molecule has 9 aromatic carbocycles. The Labute approximate surface area is 311 Å². The number of fused-ring (bicyclic) bond motifs is 7. The van der Waals surface area contributed by atoms with E-state index < -0.39 is 0 Å². The first kappa shape index (κ1) is 29.9. The molecule has 0 amide bonds. The minimum absolute atomic E-state index is 0.139. The van der Waals surface area contributed by atoms with Gasteiger partial charge in [0.1, 0.15) is 0 Å². The summed E-state index contributed by atoms with van der Waals surface area (Å²) in [5.41, 5.74) is 10.5. The molecule has 52 heavy (non-hydrogen) atoms. The fourth-order valence-electron chi connectivity index (χ4n) is 8.64. The quantitative estimate of drug-likeness (QED) is 0.124. The van der Waals surface area contributed by atoms with Crippen LogP contribution in [0.25, 0.3) is 107 Å². The van der Waals surface area contributed by atoms with E-state index in [9.17, 15) is 0 Å². The molecule has 0 radical (unpaired) electrons. The van der Waals surface area contributed by atoms with E-state index in [1.54, 1.807) is 11.3 Å². The molecule has 0 saturated heterocycles. The van der Waals surface area contributed by atoms with E-state index in [1.807, 2.05) is 0 Å². The first-order valence-corrected chi connectivity index (χ1v) is 20.4. The van der Waals surface area contributed by atoms with E-state index in [1.165, 1.54) is 107 Å². The third-order valence-electron chi connectivity index (χ3n) is 10.8. The SMILES string of the molecule is c1ccc(-c2c3ccccc3c(-c3cccc4c3[se]c3cc(-c5c6ccccc6c(-c6ccsc6)c6ccccc56)ccc34)c3ccccc23)cc1. The number of hydrogen-bond donors (Lipinski definition) is 0. The van der Waals surface area contributed by atoms with Gasteiger partial charge in [0.25, 0.3) is 0 Å². The molecular formula is C50H30SSe. The fourth-order valence-corrected chi connectivity index (χ4v) is 11.9. The van der Waals surface area contributed by atoms with Crippen LogP contribution >= 0.6 is 11.3 Å². The van der Waals surface area contributed by atoms with Crippen LogP contribution < -0.4 is 0 Å². The molecule has 11 aromatic rings. The van der Waals surface area contributed by atoms with E-state index in [4.69, 9.17) is 0 Å². The summed E-state index contributed by atoms with van der Waals surface area (Å²) in [6.45, 7) is 0. The minimum atomic E-state index is 0.139. The number of hydrogen-bond acceptors (Lipinski definition) is 1. The van der Waals surface area contributed by atoms with Gasteiger partial charge in [-0.1, -0.05) is 0 Å². The average molecular weight is 742 g/mol. The summed E-state index contributed by atoms with van der Waals surface area (Å²) in [6, 6.07) is 63.4. The van der Waals surface area contributed by atoms with Crippen LogP contribution in [0.2, 0.25) is 0 Å². The number of thiophene rings is 1. The summed E-state index contributed by atoms with van der Waals surface area (Å²) in [5.74, 6) is 0. The number of rotatable bonds is 4. The van der Waals surface area contributed by atoms with Crippen molar-refractivity contribution in [2.24, 2.45) is 0 Å². The monoisotopic (exact) mass is 742 g/mol. The maximum absolute atomic E-state index is 2.51. The van der Waals surface area contributed by atoms with Gasteiger partial charge in [-0.25, -0.2) is 0 Å². The summed E-state index contributed by atoms with van der Waals surface area (Å²) in [5, 5.41) is 17.7. The standard InChI is InChI=1S/C50H30SSe/c1-2-13-31(14-3-1)46-39-19-8-10-21-41(39)49(42-22-11-9-20-40(42)46)44-24-12-23-43-34-26-25-32(29-45(34)52-50(43)44)47-35-15-4-6-17-37(35)48(33-27-28-51-30-33)38-18-7-5-16-36(38)47/h1-30H. The molecule has 0 aliphatic rings. The Morgan fingerprint density at radius 3 is 1.35 bits per heavy atom. The summed E-state index contributed by atoms with van der Waals surface area (Å²) < 4.78 is 2.93. The second-order valence-corrected chi connectivity index (χ2v) is 16.5. The van der Waals surface area contributed by atoms with Crippen LogP contribution in [0.5, 0.6) is 0 Å².